The van der Waals surface area contributed by atoms with Crippen molar-refractivity contribution >= 4 is 17.2 Å². The van der Waals surface area contributed by atoms with Crippen LogP contribution in [0.3, 0.4) is 0 Å². The Kier molecular flexibility index (Phi) is 4.34. The summed E-state index contributed by atoms with van der Waals surface area (Å²) in [6.45, 7) is 5.04. The summed E-state index contributed by atoms with van der Waals surface area (Å²) in [7, 11) is 0. The van der Waals surface area contributed by atoms with Gasteiger partial charge in [-0.15, -0.1) is 0 Å². The fourth-order valence-electron chi connectivity index (χ4n) is 2.58. The number of fused-ring (bicyclic) bond motifs is 1. The highest BCUT2D eigenvalue weighted by atomic mass is 32.1. The molecule has 116 valence electrons. The van der Waals surface area contributed by atoms with Gasteiger partial charge in [-0.25, -0.2) is 0 Å². The van der Waals surface area contributed by atoms with Crippen molar-refractivity contribution in [1.29, 1.82) is 0 Å². The number of hydrogen-bond donors (Lipinski definition) is 1. The molecule has 0 saturated heterocycles. The van der Waals surface area contributed by atoms with Crippen LogP contribution in [0.2, 0.25) is 0 Å². The van der Waals surface area contributed by atoms with Crippen LogP contribution in [0.1, 0.15) is 35.3 Å². The number of thiophene rings is 1. The van der Waals surface area contributed by atoms with Crippen molar-refractivity contribution < 1.29 is 14.3 Å². The molecule has 0 bridgehead atoms. The lowest BCUT2D eigenvalue weighted by atomic mass is 10.1. The van der Waals surface area contributed by atoms with Gasteiger partial charge in [0.2, 0.25) is 0 Å². The third kappa shape index (κ3) is 3.09. The summed E-state index contributed by atoms with van der Waals surface area (Å²) in [4.78, 5) is 12.1. The second-order valence-corrected chi connectivity index (χ2v) is 6.11. The van der Waals surface area contributed by atoms with Crippen molar-refractivity contribution in [3.8, 4) is 11.5 Å². The minimum absolute atomic E-state index is 0.0708. The molecule has 1 atom stereocenters. The van der Waals surface area contributed by atoms with Gasteiger partial charge in [0.1, 0.15) is 17.6 Å². The van der Waals surface area contributed by atoms with Gasteiger partial charge in [-0.3, -0.25) is 4.79 Å². The minimum atomic E-state index is -0.0708. The number of ether oxygens (including phenoxy) is 2. The fraction of sp³-hybridized carbons (Fsp3) is 0.353. The average molecular weight is 317 g/mol. The van der Waals surface area contributed by atoms with Crippen LogP contribution in [0, 0.1) is 0 Å². The fourth-order valence-corrected chi connectivity index (χ4v) is 3.22. The molecular formula is C17H19NO3S. The SMILES string of the molecule is CCOc1cc2c(cc1CNC(=O)c1ccsc1)O[C@@H](C)C2. The van der Waals surface area contributed by atoms with Crippen LogP contribution < -0.4 is 14.8 Å². The Labute approximate surface area is 134 Å². The van der Waals surface area contributed by atoms with Crippen LogP contribution in [0.25, 0.3) is 0 Å². The van der Waals surface area contributed by atoms with Crippen molar-refractivity contribution in [2.75, 3.05) is 6.61 Å². The van der Waals surface area contributed by atoms with Gasteiger partial charge in [-0.2, -0.15) is 11.3 Å². The van der Waals surface area contributed by atoms with E-state index in [1.54, 1.807) is 0 Å². The summed E-state index contributed by atoms with van der Waals surface area (Å²) in [6.07, 6.45) is 1.09. The van der Waals surface area contributed by atoms with E-state index >= 15 is 0 Å². The molecule has 2 heterocycles. The maximum Gasteiger partial charge on any atom is 0.252 e. The van der Waals surface area contributed by atoms with Crippen LogP contribution >= 0.6 is 11.3 Å². The lowest BCUT2D eigenvalue weighted by Gasteiger charge is -2.13. The van der Waals surface area contributed by atoms with Crippen molar-refractivity contribution in [3.63, 3.8) is 0 Å². The van der Waals surface area contributed by atoms with Gasteiger partial charge in [0, 0.05) is 35.0 Å². The number of benzene rings is 1. The highest BCUT2D eigenvalue weighted by molar-refractivity contribution is 7.08. The number of nitrogens with one attached hydrogen (secondary N) is 1. The molecule has 0 unspecified atom stereocenters. The minimum Gasteiger partial charge on any atom is -0.494 e. The second kappa shape index (κ2) is 6.40. The van der Waals surface area contributed by atoms with Crippen molar-refractivity contribution in [2.24, 2.45) is 0 Å². The van der Waals surface area contributed by atoms with E-state index in [0.717, 1.165) is 23.5 Å². The molecule has 4 nitrogen and oxygen atoms in total. The summed E-state index contributed by atoms with van der Waals surface area (Å²) in [5.41, 5.74) is 2.80. The molecule has 1 aliphatic rings. The van der Waals surface area contributed by atoms with Gasteiger partial charge in [-0.1, -0.05) is 0 Å². The number of carbonyl (C=O) groups excluding carboxylic acids is 1. The van der Waals surface area contributed by atoms with E-state index in [1.165, 1.54) is 16.9 Å². The lowest BCUT2D eigenvalue weighted by molar-refractivity contribution is 0.0951. The summed E-state index contributed by atoms with van der Waals surface area (Å²) in [5, 5.41) is 6.67. The van der Waals surface area contributed by atoms with E-state index in [9.17, 15) is 4.79 Å². The number of rotatable bonds is 5. The van der Waals surface area contributed by atoms with Crippen LogP contribution in [0.5, 0.6) is 11.5 Å². The van der Waals surface area contributed by atoms with E-state index in [1.807, 2.05) is 35.9 Å². The van der Waals surface area contributed by atoms with Crippen LogP contribution in [0.15, 0.2) is 29.0 Å². The molecule has 0 aliphatic carbocycles. The van der Waals surface area contributed by atoms with Gasteiger partial charge in [-0.05, 0) is 37.4 Å². The van der Waals surface area contributed by atoms with Crippen molar-refractivity contribution in [2.45, 2.75) is 32.9 Å². The van der Waals surface area contributed by atoms with Crippen LogP contribution in [-0.2, 0) is 13.0 Å². The highest BCUT2D eigenvalue weighted by Gasteiger charge is 2.22. The summed E-state index contributed by atoms with van der Waals surface area (Å²) in [6, 6.07) is 5.84. The topological polar surface area (TPSA) is 47.6 Å². The van der Waals surface area contributed by atoms with Crippen molar-refractivity contribution in [1.82, 2.24) is 5.32 Å². The lowest BCUT2D eigenvalue weighted by Crippen LogP contribution is -2.22. The first-order valence-electron chi connectivity index (χ1n) is 7.43. The van der Waals surface area contributed by atoms with Crippen molar-refractivity contribution in [3.05, 3.63) is 45.6 Å². The zero-order chi connectivity index (χ0) is 15.5. The molecule has 0 spiro atoms. The molecular weight excluding hydrogens is 298 g/mol. The number of carbonyl (C=O) groups is 1. The molecule has 1 N–H and O–H groups in total. The van der Waals surface area contributed by atoms with E-state index in [4.69, 9.17) is 9.47 Å². The Morgan fingerprint density at radius 1 is 1.50 bits per heavy atom. The molecule has 0 radical (unpaired) electrons. The van der Waals surface area contributed by atoms with Gasteiger partial charge >= 0.3 is 0 Å². The molecule has 1 aromatic carbocycles. The summed E-state index contributed by atoms with van der Waals surface area (Å²) < 4.78 is 11.5. The average Bonchev–Trinajstić information content (AvgIpc) is 3.13. The predicted molar refractivity (Wildman–Crippen MR) is 86.9 cm³/mol. The summed E-state index contributed by atoms with van der Waals surface area (Å²) >= 11 is 1.51. The number of amides is 1. The standard InChI is InChI=1S/C17H19NO3S/c1-3-20-15-7-13-6-11(2)21-16(13)8-14(15)9-18-17(19)12-4-5-22-10-12/h4-5,7-8,10-11H,3,6,9H2,1-2H3,(H,18,19)/t11-/m0/s1. The summed E-state index contributed by atoms with van der Waals surface area (Å²) in [5.74, 6) is 1.65. The molecule has 22 heavy (non-hydrogen) atoms. The molecule has 5 heteroatoms. The Hall–Kier alpha value is -2.01. The van der Waals surface area contributed by atoms with E-state index < -0.39 is 0 Å². The quantitative estimate of drug-likeness (QED) is 0.919. The Morgan fingerprint density at radius 3 is 3.09 bits per heavy atom. The van der Waals surface area contributed by atoms with E-state index in [-0.39, 0.29) is 12.0 Å². The van der Waals surface area contributed by atoms with Gasteiger partial charge in [0.05, 0.1) is 6.61 Å². The molecule has 1 amide bonds. The largest absolute Gasteiger partial charge is 0.494 e. The Morgan fingerprint density at radius 2 is 2.36 bits per heavy atom. The molecule has 2 aromatic rings. The smallest absolute Gasteiger partial charge is 0.252 e. The first-order valence-corrected chi connectivity index (χ1v) is 8.37. The molecule has 0 saturated carbocycles. The van der Waals surface area contributed by atoms with E-state index in [2.05, 4.69) is 12.2 Å². The van der Waals surface area contributed by atoms with Crippen LogP contribution in [0.4, 0.5) is 0 Å². The third-order valence-electron chi connectivity index (χ3n) is 3.60. The third-order valence-corrected chi connectivity index (χ3v) is 4.28. The Bertz CT molecular complexity index is 667. The van der Waals surface area contributed by atoms with Gasteiger partial charge in [0.25, 0.3) is 5.91 Å². The Balaban J connectivity index is 1.77. The normalized spacial score (nSPS) is 16.0. The second-order valence-electron chi connectivity index (χ2n) is 5.33. The molecule has 0 fully saturated rings. The highest BCUT2D eigenvalue weighted by Crippen LogP contribution is 2.35. The zero-order valence-electron chi connectivity index (χ0n) is 12.7. The zero-order valence-corrected chi connectivity index (χ0v) is 13.5. The van der Waals surface area contributed by atoms with Gasteiger partial charge in [0.15, 0.2) is 0 Å². The first kappa shape index (κ1) is 14.9. The maximum absolute atomic E-state index is 12.1. The maximum atomic E-state index is 12.1. The molecule has 3 rings (SSSR count). The van der Waals surface area contributed by atoms with E-state index in [0.29, 0.717) is 18.7 Å². The van der Waals surface area contributed by atoms with Gasteiger partial charge < -0.3 is 14.8 Å². The monoisotopic (exact) mass is 317 g/mol. The van der Waals surface area contributed by atoms with Crippen LogP contribution in [-0.4, -0.2) is 18.6 Å². The first-order chi connectivity index (χ1) is 10.7. The predicted octanol–water partition coefficient (Wildman–Crippen LogP) is 3.40. The molecule has 1 aliphatic heterocycles. The number of hydrogen-bond acceptors (Lipinski definition) is 4. The molecule has 1 aromatic heterocycles.